The Labute approximate surface area is 135 Å². The van der Waals surface area contributed by atoms with E-state index in [0.717, 1.165) is 23.8 Å². The Morgan fingerprint density at radius 2 is 1.74 bits per heavy atom. The number of carbonyl (C=O) groups excluding carboxylic acids is 2. The number of nitrogens with zero attached hydrogens (tertiary/aromatic N) is 2. The average Bonchev–Trinajstić information content (AvgIpc) is 2.80. The zero-order chi connectivity index (χ0) is 16.4. The zero-order valence-electron chi connectivity index (χ0n) is 13.5. The summed E-state index contributed by atoms with van der Waals surface area (Å²) in [6, 6.07) is 3.87. The molecular formula is C19H20N2O2. The number of hydrogen-bond acceptors (Lipinski definition) is 3. The van der Waals surface area contributed by atoms with Crippen molar-refractivity contribution in [2.75, 3.05) is 0 Å². The van der Waals surface area contributed by atoms with Gasteiger partial charge in [0.1, 0.15) is 0 Å². The fourth-order valence-corrected chi connectivity index (χ4v) is 3.03. The fraction of sp³-hybridized carbons (Fsp3) is 0.316. The van der Waals surface area contributed by atoms with Gasteiger partial charge in [-0.1, -0.05) is 24.3 Å². The van der Waals surface area contributed by atoms with Gasteiger partial charge in [-0.2, -0.15) is 0 Å². The molecule has 0 saturated carbocycles. The molecule has 2 amide bonds. The van der Waals surface area contributed by atoms with Crippen LogP contribution in [0.5, 0.6) is 0 Å². The maximum absolute atomic E-state index is 12.5. The Bertz CT molecular complexity index is 819. The number of allylic oxidation sites excluding steroid dienone is 2. The highest BCUT2D eigenvalue weighted by molar-refractivity contribution is 6.21. The molecule has 1 aromatic heterocycles. The van der Waals surface area contributed by atoms with Gasteiger partial charge in [0.15, 0.2) is 0 Å². The van der Waals surface area contributed by atoms with E-state index in [-0.39, 0.29) is 11.8 Å². The maximum Gasteiger partial charge on any atom is 0.261 e. The standard InChI is InChI=1S/C19H20N2O2/c1-3-4-7-14-11-10-13(2)20-17(14)12-21-18(22)15-8-5-6-9-16(15)19(21)23/h3-4,7,10-12H,5-6,8-9H2,1-2H3/b4-3-,14-7-,17-12-. The lowest BCUT2D eigenvalue weighted by Crippen LogP contribution is -2.35. The smallest absolute Gasteiger partial charge is 0.261 e. The van der Waals surface area contributed by atoms with E-state index in [1.165, 1.54) is 4.90 Å². The molecule has 0 spiro atoms. The normalized spacial score (nSPS) is 20.2. The lowest BCUT2D eigenvalue weighted by molar-refractivity contribution is -0.133. The second kappa shape index (κ2) is 6.32. The van der Waals surface area contributed by atoms with Gasteiger partial charge in [-0.25, -0.2) is 4.90 Å². The van der Waals surface area contributed by atoms with Gasteiger partial charge in [-0.3, -0.25) is 14.6 Å². The van der Waals surface area contributed by atoms with E-state index in [0.29, 0.717) is 29.3 Å². The summed E-state index contributed by atoms with van der Waals surface area (Å²) < 4.78 is 0. The van der Waals surface area contributed by atoms with Crippen LogP contribution in [0, 0.1) is 6.92 Å². The van der Waals surface area contributed by atoms with Crippen molar-refractivity contribution >= 4 is 24.1 Å². The number of rotatable bonds is 2. The molecule has 2 heterocycles. The van der Waals surface area contributed by atoms with Crippen LogP contribution in [0.2, 0.25) is 0 Å². The van der Waals surface area contributed by atoms with E-state index < -0.39 is 0 Å². The van der Waals surface area contributed by atoms with Crippen LogP contribution in [0.1, 0.15) is 38.3 Å². The monoisotopic (exact) mass is 308 g/mol. The van der Waals surface area contributed by atoms with E-state index in [1.54, 1.807) is 6.20 Å². The first-order valence-corrected chi connectivity index (χ1v) is 8.00. The first kappa shape index (κ1) is 15.4. The molecule has 0 saturated heterocycles. The molecule has 4 heteroatoms. The van der Waals surface area contributed by atoms with Gasteiger partial charge >= 0.3 is 0 Å². The minimum Gasteiger partial charge on any atom is -0.269 e. The number of aryl methyl sites for hydroxylation is 1. The van der Waals surface area contributed by atoms with Crippen LogP contribution in [0.15, 0.2) is 35.4 Å². The van der Waals surface area contributed by atoms with Crippen molar-refractivity contribution in [3.8, 4) is 0 Å². The molecule has 0 unspecified atom stereocenters. The van der Waals surface area contributed by atoms with E-state index >= 15 is 0 Å². The van der Waals surface area contributed by atoms with E-state index in [4.69, 9.17) is 0 Å². The van der Waals surface area contributed by atoms with Crippen LogP contribution >= 0.6 is 0 Å². The molecule has 0 radical (unpaired) electrons. The summed E-state index contributed by atoms with van der Waals surface area (Å²) in [5, 5.41) is 1.53. The highest BCUT2D eigenvalue weighted by atomic mass is 16.2. The van der Waals surface area contributed by atoms with Crippen LogP contribution < -0.4 is 10.6 Å². The molecule has 1 aliphatic carbocycles. The molecule has 0 N–H and O–H groups in total. The molecular weight excluding hydrogens is 288 g/mol. The van der Waals surface area contributed by atoms with Gasteiger partial charge in [0.05, 0.1) is 5.35 Å². The molecule has 23 heavy (non-hydrogen) atoms. The van der Waals surface area contributed by atoms with Gasteiger partial charge in [0.2, 0.25) is 0 Å². The van der Waals surface area contributed by atoms with Crippen LogP contribution in [-0.4, -0.2) is 21.7 Å². The SMILES string of the molecule is C\C=C/C=c1/ccc(C)n/c1=C\N1C(=O)C2=C(CCCC2)C1=O. The van der Waals surface area contributed by atoms with Crippen LogP contribution in [0.25, 0.3) is 12.3 Å². The summed E-state index contributed by atoms with van der Waals surface area (Å²) in [7, 11) is 0. The second-order valence-electron chi connectivity index (χ2n) is 5.89. The molecule has 1 aromatic rings. The minimum atomic E-state index is -0.176. The number of amides is 2. The summed E-state index contributed by atoms with van der Waals surface area (Å²) in [4.78, 5) is 30.8. The highest BCUT2D eigenvalue weighted by Crippen LogP contribution is 2.32. The summed E-state index contributed by atoms with van der Waals surface area (Å²) in [5.74, 6) is -0.352. The number of aromatic nitrogens is 1. The number of pyridine rings is 1. The van der Waals surface area contributed by atoms with E-state index in [1.807, 2.05) is 44.2 Å². The van der Waals surface area contributed by atoms with Crippen molar-refractivity contribution in [3.05, 3.63) is 51.7 Å². The number of carbonyl (C=O) groups is 2. The van der Waals surface area contributed by atoms with E-state index in [2.05, 4.69) is 4.98 Å². The highest BCUT2D eigenvalue weighted by Gasteiger charge is 2.37. The second-order valence-corrected chi connectivity index (χ2v) is 5.89. The van der Waals surface area contributed by atoms with Crippen molar-refractivity contribution in [2.24, 2.45) is 0 Å². The topological polar surface area (TPSA) is 50.3 Å². The van der Waals surface area contributed by atoms with Crippen molar-refractivity contribution in [1.82, 2.24) is 9.88 Å². The number of imide groups is 1. The molecule has 118 valence electrons. The van der Waals surface area contributed by atoms with Gasteiger partial charge < -0.3 is 0 Å². The Morgan fingerprint density at radius 3 is 2.35 bits per heavy atom. The molecule has 4 nitrogen and oxygen atoms in total. The molecule has 0 aromatic carbocycles. The molecule has 2 aliphatic rings. The largest absolute Gasteiger partial charge is 0.269 e. The lowest BCUT2D eigenvalue weighted by atomic mass is 9.93. The predicted octanol–water partition coefficient (Wildman–Crippen LogP) is 1.72. The van der Waals surface area contributed by atoms with Crippen molar-refractivity contribution in [1.29, 1.82) is 0 Å². The Balaban J connectivity index is 2.08. The van der Waals surface area contributed by atoms with Crippen LogP contribution in [0.4, 0.5) is 0 Å². The number of hydrogen-bond donors (Lipinski definition) is 0. The Morgan fingerprint density at radius 1 is 1.09 bits per heavy atom. The van der Waals surface area contributed by atoms with Crippen molar-refractivity contribution in [3.63, 3.8) is 0 Å². The molecule has 0 fully saturated rings. The Kier molecular flexibility index (Phi) is 4.24. The summed E-state index contributed by atoms with van der Waals surface area (Å²) in [6.45, 7) is 3.83. The van der Waals surface area contributed by atoms with Gasteiger partial charge in [-0.05, 0) is 45.6 Å². The first-order chi connectivity index (χ1) is 11.1. The maximum atomic E-state index is 12.5. The third-order valence-corrected chi connectivity index (χ3v) is 4.24. The van der Waals surface area contributed by atoms with Gasteiger partial charge in [-0.15, -0.1) is 0 Å². The lowest BCUT2D eigenvalue weighted by Gasteiger charge is -2.08. The fourth-order valence-electron chi connectivity index (χ4n) is 3.03. The average molecular weight is 308 g/mol. The summed E-state index contributed by atoms with van der Waals surface area (Å²) >= 11 is 0. The van der Waals surface area contributed by atoms with E-state index in [9.17, 15) is 9.59 Å². The predicted molar refractivity (Wildman–Crippen MR) is 89.3 cm³/mol. The van der Waals surface area contributed by atoms with Crippen LogP contribution in [-0.2, 0) is 9.59 Å². The quantitative estimate of drug-likeness (QED) is 0.782. The third kappa shape index (κ3) is 2.89. The van der Waals surface area contributed by atoms with Crippen molar-refractivity contribution < 1.29 is 9.59 Å². The molecule has 0 bridgehead atoms. The Hall–Kier alpha value is -2.49. The molecule has 3 rings (SSSR count). The van der Waals surface area contributed by atoms with Gasteiger partial charge in [0.25, 0.3) is 11.8 Å². The van der Waals surface area contributed by atoms with Crippen LogP contribution in [0.3, 0.4) is 0 Å². The molecule has 0 atom stereocenters. The van der Waals surface area contributed by atoms with Crippen molar-refractivity contribution in [2.45, 2.75) is 39.5 Å². The van der Waals surface area contributed by atoms with Gasteiger partial charge in [0, 0.05) is 28.3 Å². The first-order valence-electron chi connectivity index (χ1n) is 8.00. The third-order valence-electron chi connectivity index (χ3n) is 4.24. The summed E-state index contributed by atoms with van der Waals surface area (Å²) in [6.07, 6.45) is 10.7. The summed E-state index contributed by atoms with van der Waals surface area (Å²) in [5.41, 5.74) is 2.25. The zero-order valence-corrected chi connectivity index (χ0v) is 13.5. The molecule has 1 aliphatic heterocycles. The minimum absolute atomic E-state index is 0.176.